The number of hydrogen-bond donors (Lipinski definition) is 7. The van der Waals surface area contributed by atoms with Crippen molar-refractivity contribution in [3.05, 3.63) is 33.1 Å². The zero-order valence-corrected chi connectivity index (χ0v) is 34.5. The number of ether oxygens (including phenoxy) is 2. The third-order valence-electron chi connectivity index (χ3n) is 6.46. The number of aliphatic hydroxyl groups excluding tert-OH is 4. The van der Waals surface area contributed by atoms with Gasteiger partial charge in [0.15, 0.2) is 12.5 Å². The van der Waals surface area contributed by atoms with Crippen LogP contribution in [-0.2, 0) is 36.8 Å². The number of H-pyrrole nitrogens is 1. The maximum absolute atomic E-state index is 12.5. The maximum Gasteiger partial charge on any atom is 1.00 e. The summed E-state index contributed by atoms with van der Waals surface area (Å²) in [6.45, 7) is 6.80. The van der Waals surface area contributed by atoms with Crippen molar-refractivity contribution < 1.29 is 126 Å². The van der Waals surface area contributed by atoms with Crippen molar-refractivity contribution in [1.82, 2.24) is 20.2 Å². The van der Waals surface area contributed by atoms with E-state index in [1.807, 2.05) is 32.7 Å². The van der Waals surface area contributed by atoms with Crippen LogP contribution in [0.5, 0.6) is 0 Å². The van der Waals surface area contributed by atoms with Crippen LogP contribution in [0.15, 0.2) is 21.9 Å². The number of amides is 1. The first-order valence-electron chi connectivity index (χ1n) is 15.0. The van der Waals surface area contributed by atoms with Gasteiger partial charge in [-0.2, -0.15) is 0 Å². The van der Waals surface area contributed by atoms with Crippen molar-refractivity contribution in [2.24, 2.45) is 0 Å². The largest absolute Gasteiger partial charge is 1.00 e. The minimum Gasteiger partial charge on any atom is -0.756 e. The molecule has 0 aliphatic carbocycles. The topological polar surface area (TPSA) is 303 Å². The van der Waals surface area contributed by atoms with E-state index in [-0.39, 0.29) is 72.0 Å². The average molecular weight is 767 g/mol. The number of aromatic amines is 1. The summed E-state index contributed by atoms with van der Waals surface area (Å²) in [5.74, 6) is -0.535. The van der Waals surface area contributed by atoms with Gasteiger partial charge in [0.25, 0.3) is 21.2 Å². The minimum absolute atomic E-state index is 0. The predicted octanol–water partition coefficient (Wildman–Crippen LogP) is -8.45. The molecule has 2 aliphatic rings. The van der Waals surface area contributed by atoms with E-state index in [0.29, 0.717) is 19.4 Å². The number of phosphoric acid groups is 2. The van der Waals surface area contributed by atoms with Crippen molar-refractivity contribution in [2.75, 3.05) is 26.8 Å². The molecule has 3 rings (SSSR count). The number of carbonyl (C=O) groups is 1. The molecule has 0 saturated carbocycles. The molecule has 7 N–H and O–H groups in total. The van der Waals surface area contributed by atoms with Crippen LogP contribution in [0.1, 0.15) is 59.6 Å². The Morgan fingerprint density at radius 2 is 1.67 bits per heavy atom. The summed E-state index contributed by atoms with van der Waals surface area (Å²) in [7, 11) is -9.88. The Balaban J connectivity index is 0. The zero-order valence-electron chi connectivity index (χ0n) is 28.8. The van der Waals surface area contributed by atoms with Crippen LogP contribution >= 0.6 is 15.6 Å². The van der Waals surface area contributed by atoms with Gasteiger partial charge in [-0.1, -0.05) is 27.7 Å². The van der Waals surface area contributed by atoms with E-state index in [1.54, 1.807) is 7.05 Å². The van der Waals surface area contributed by atoms with Crippen molar-refractivity contribution >= 4 is 21.6 Å². The Hall–Kier alpha value is 0.130. The van der Waals surface area contributed by atoms with Crippen LogP contribution in [0.4, 0.5) is 0 Å². The number of aliphatic hydroxyl groups is 4. The SMILES string of the molecule is CC.CC.CNCCCCC(=O)NC1C[C@@H](O)C(CO)O[C@@H]1OP(=O)([O-])OP(=O)([O-])OCC1OC(n2ccc(=O)[nH]c2=O)C(O)C1O.[Na+].[Na+]. The van der Waals surface area contributed by atoms with E-state index >= 15 is 0 Å². The quantitative estimate of drug-likeness (QED) is 0.0495. The molecule has 20 nitrogen and oxygen atoms in total. The van der Waals surface area contributed by atoms with Crippen LogP contribution in [0.2, 0.25) is 0 Å². The van der Waals surface area contributed by atoms with Crippen molar-refractivity contribution in [1.29, 1.82) is 0 Å². The smallest absolute Gasteiger partial charge is 0.756 e. The monoisotopic (exact) mass is 766 g/mol. The molecule has 1 aromatic heterocycles. The molecule has 1 aromatic rings. The van der Waals surface area contributed by atoms with Gasteiger partial charge in [-0.05, 0) is 26.4 Å². The normalized spacial score (nSPS) is 28.5. The number of phosphoric ester groups is 2. The summed E-state index contributed by atoms with van der Waals surface area (Å²) in [6.07, 6.45) is -9.52. The fourth-order valence-electron chi connectivity index (χ4n) is 4.32. The number of hydrogen-bond acceptors (Lipinski definition) is 17. The molecule has 0 aromatic carbocycles. The molecule has 49 heavy (non-hydrogen) atoms. The molecule has 2 saturated heterocycles. The van der Waals surface area contributed by atoms with Gasteiger partial charge in [0, 0.05) is 25.1 Å². The van der Waals surface area contributed by atoms with Crippen LogP contribution < -0.4 is 90.8 Å². The molecule has 10 atom stereocenters. The van der Waals surface area contributed by atoms with E-state index in [2.05, 4.69) is 19.5 Å². The number of aromatic nitrogens is 2. The zero-order chi connectivity index (χ0) is 35.9. The van der Waals surface area contributed by atoms with Crippen LogP contribution in [0.3, 0.4) is 0 Å². The Bertz CT molecular complexity index is 1310. The molecule has 8 unspecified atom stereocenters. The summed E-state index contributed by atoms with van der Waals surface area (Å²) >= 11 is 0. The van der Waals surface area contributed by atoms with E-state index < -0.39 is 95.1 Å². The summed E-state index contributed by atoms with van der Waals surface area (Å²) in [5, 5.41) is 45.4. The molecule has 2 aliphatic heterocycles. The molecular formula is C25H46N4Na2O16P2. The van der Waals surface area contributed by atoms with E-state index in [0.717, 1.165) is 16.8 Å². The molecule has 0 bridgehead atoms. The van der Waals surface area contributed by atoms with Gasteiger partial charge in [-0.25, -0.2) is 9.11 Å². The molecule has 0 spiro atoms. The number of rotatable bonds is 15. The fourth-order valence-corrected chi connectivity index (χ4v) is 6.42. The third-order valence-corrected chi connectivity index (χ3v) is 8.99. The number of nitrogens with one attached hydrogen (secondary N) is 3. The molecule has 2 fully saturated rings. The fraction of sp³-hybridized carbons (Fsp3) is 0.800. The van der Waals surface area contributed by atoms with E-state index in [1.165, 1.54) is 0 Å². The van der Waals surface area contributed by atoms with Gasteiger partial charge < -0.3 is 54.8 Å². The first-order chi connectivity index (χ1) is 22.2. The van der Waals surface area contributed by atoms with Gasteiger partial charge in [0.1, 0.15) is 24.4 Å². The van der Waals surface area contributed by atoms with Gasteiger partial charge in [0.2, 0.25) is 5.91 Å². The molecule has 274 valence electrons. The maximum atomic E-state index is 12.5. The van der Waals surface area contributed by atoms with E-state index in [4.69, 9.17) is 14.0 Å². The molecule has 1 amide bonds. The Morgan fingerprint density at radius 1 is 1.04 bits per heavy atom. The second-order valence-electron chi connectivity index (χ2n) is 9.70. The molecular weight excluding hydrogens is 720 g/mol. The first-order valence-corrected chi connectivity index (χ1v) is 18.0. The van der Waals surface area contributed by atoms with Crippen LogP contribution in [0.25, 0.3) is 0 Å². The van der Waals surface area contributed by atoms with Crippen molar-refractivity contribution in [3.63, 3.8) is 0 Å². The number of nitrogens with zero attached hydrogens (tertiary/aromatic N) is 1. The van der Waals surface area contributed by atoms with E-state index in [9.17, 15) is 53.7 Å². The van der Waals surface area contributed by atoms with Crippen molar-refractivity contribution in [2.45, 2.75) is 102 Å². The molecule has 0 radical (unpaired) electrons. The summed E-state index contributed by atoms with van der Waals surface area (Å²) in [6, 6.07) is -0.357. The van der Waals surface area contributed by atoms with Gasteiger partial charge in [-0.3, -0.25) is 32.8 Å². The van der Waals surface area contributed by atoms with Gasteiger partial charge in [-0.15, -0.1) is 0 Å². The van der Waals surface area contributed by atoms with Crippen molar-refractivity contribution in [3.8, 4) is 0 Å². The summed E-state index contributed by atoms with van der Waals surface area (Å²) in [5.41, 5.74) is -1.75. The average Bonchev–Trinajstić information content (AvgIpc) is 3.29. The molecule has 3 heterocycles. The minimum atomic E-state index is -5.84. The Morgan fingerprint density at radius 3 is 2.24 bits per heavy atom. The molecule has 24 heteroatoms. The summed E-state index contributed by atoms with van der Waals surface area (Å²) < 4.78 is 49.3. The second kappa shape index (κ2) is 25.2. The second-order valence-corrected chi connectivity index (χ2v) is 12.6. The summed E-state index contributed by atoms with van der Waals surface area (Å²) in [4.78, 5) is 62.3. The van der Waals surface area contributed by atoms with Gasteiger partial charge >= 0.3 is 64.8 Å². The van der Waals surface area contributed by atoms with Crippen LogP contribution in [0, 0.1) is 0 Å². The number of unbranched alkanes of at least 4 members (excludes halogenated alkanes) is 1. The Labute approximate surface area is 328 Å². The number of carbonyl (C=O) groups excluding carboxylic acids is 1. The predicted molar refractivity (Wildman–Crippen MR) is 159 cm³/mol. The first kappa shape index (κ1) is 51.2. The Kier molecular flexibility index (Phi) is 26.4. The standard InChI is InChI=1S/C21H36N4O16P2.2C2H6.2Na/c1-22-6-3-2-4-15(28)23-11-8-12(27)13(9-26)39-20(11)40-43(35,36)41-42(33,34)37-10-14-17(30)18(31)19(38-14)25-7-5-16(29)24-21(25)32;2*1-2;;/h5,7,11-14,17-20,22,26-27,30-31H,2-4,6,8-10H2,1H3,(H,23,28)(H,33,34)(H,35,36)(H,24,29,32);2*1-2H3;;/q;;;2*+1/p-2/t11?,12-,13?,14?,17?,18?,19?,20-;;;;/m1..../s1. The van der Waals surface area contributed by atoms with Gasteiger partial charge in [0.05, 0.1) is 25.4 Å². The van der Waals surface area contributed by atoms with Crippen LogP contribution in [-0.4, -0.2) is 106 Å². The third kappa shape index (κ3) is 16.8.